The number of carbonyl (C=O) groups excluding carboxylic acids is 2. The number of hydrogen-bond acceptors (Lipinski definition) is 3. The molecule has 0 unspecified atom stereocenters. The molecule has 0 radical (unpaired) electrons. The fourth-order valence-electron chi connectivity index (χ4n) is 1.48. The second-order valence-corrected chi connectivity index (χ2v) is 3.97. The monoisotopic (exact) mass is 234 g/mol. The van der Waals surface area contributed by atoms with Gasteiger partial charge in [-0.2, -0.15) is 0 Å². The van der Waals surface area contributed by atoms with Crippen LogP contribution in [0.1, 0.15) is 42.1 Å². The van der Waals surface area contributed by atoms with Crippen LogP contribution in [0.4, 0.5) is 5.69 Å². The number of rotatable bonds is 5. The fraction of sp³-hybridized carbons (Fsp3) is 0.385. The van der Waals surface area contributed by atoms with Gasteiger partial charge in [-0.3, -0.25) is 4.79 Å². The van der Waals surface area contributed by atoms with Gasteiger partial charge >= 0.3 is 0 Å². The van der Waals surface area contributed by atoms with E-state index in [1.807, 2.05) is 6.92 Å². The highest BCUT2D eigenvalue weighted by molar-refractivity contribution is 5.93. The summed E-state index contributed by atoms with van der Waals surface area (Å²) in [5.74, 6) is -1.26. The Morgan fingerprint density at radius 2 is 2.06 bits per heavy atom. The van der Waals surface area contributed by atoms with Crippen molar-refractivity contribution in [2.75, 3.05) is 5.32 Å². The zero-order valence-corrected chi connectivity index (χ0v) is 10.1. The number of amides is 1. The van der Waals surface area contributed by atoms with E-state index in [2.05, 4.69) is 5.32 Å². The molecule has 1 aromatic carbocycles. The molecule has 1 aromatic rings. The lowest BCUT2D eigenvalue weighted by Gasteiger charge is -2.10. The number of carboxylic acids is 1. The normalized spacial score (nSPS) is 10.0. The van der Waals surface area contributed by atoms with E-state index in [1.165, 1.54) is 12.1 Å². The van der Waals surface area contributed by atoms with Crippen molar-refractivity contribution < 1.29 is 14.7 Å². The minimum absolute atomic E-state index is 0.0452. The first kappa shape index (κ1) is 13.2. The highest BCUT2D eigenvalue weighted by Gasteiger charge is 2.05. The van der Waals surface area contributed by atoms with Crippen molar-refractivity contribution in [3.8, 4) is 0 Å². The van der Waals surface area contributed by atoms with Crippen LogP contribution >= 0.6 is 0 Å². The number of benzene rings is 1. The first-order valence-corrected chi connectivity index (χ1v) is 5.66. The Bertz CT molecular complexity index is 427. The maximum Gasteiger partial charge on any atom is 0.224 e. The van der Waals surface area contributed by atoms with Gasteiger partial charge in [0, 0.05) is 12.1 Å². The maximum absolute atomic E-state index is 11.5. The maximum atomic E-state index is 11.5. The Morgan fingerprint density at radius 1 is 1.35 bits per heavy atom. The largest absolute Gasteiger partial charge is 0.545 e. The first-order chi connectivity index (χ1) is 8.04. The Morgan fingerprint density at radius 3 is 2.59 bits per heavy atom. The molecule has 1 rings (SSSR count). The number of nitrogens with one attached hydrogen (secondary N) is 1. The third-order valence-corrected chi connectivity index (χ3v) is 2.49. The van der Waals surface area contributed by atoms with Gasteiger partial charge in [0.05, 0.1) is 5.97 Å². The molecule has 4 heteroatoms. The number of aromatic carboxylic acids is 1. The van der Waals surface area contributed by atoms with E-state index in [9.17, 15) is 14.7 Å². The van der Waals surface area contributed by atoms with Crippen LogP contribution in [0.25, 0.3) is 0 Å². The minimum atomic E-state index is -1.21. The molecule has 0 aliphatic heterocycles. The van der Waals surface area contributed by atoms with Crippen LogP contribution in [0, 0.1) is 6.92 Å². The molecule has 0 heterocycles. The smallest absolute Gasteiger partial charge is 0.224 e. The van der Waals surface area contributed by atoms with Crippen LogP contribution in [0.2, 0.25) is 0 Å². The molecule has 1 amide bonds. The molecule has 1 N–H and O–H groups in total. The van der Waals surface area contributed by atoms with Crippen LogP contribution < -0.4 is 10.4 Å². The molecule has 0 aromatic heterocycles. The summed E-state index contributed by atoms with van der Waals surface area (Å²) in [7, 11) is 0. The lowest BCUT2D eigenvalue weighted by atomic mass is 10.1. The van der Waals surface area contributed by atoms with E-state index >= 15 is 0 Å². The number of aryl methyl sites for hydroxylation is 1. The van der Waals surface area contributed by atoms with Crippen molar-refractivity contribution in [1.82, 2.24) is 0 Å². The van der Waals surface area contributed by atoms with Gasteiger partial charge in [-0.05, 0) is 36.6 Å². The van der Waals surface area contributed by atoms with Crippen LogP contribution in [-0.4, -0.2) is 11.9 Å². The molecule has 4 nitrogen and oxygen atoms in total. The molecule has 0 aliphatic carbocycles. The van der Waals surface area contributed by atoms with Gasteiger partial charge in [-0.1, -0.05) is 19.4 Å². The third-order valence-electron chi connectivity index (χ3n) is 2.49. The predicted octanol–water partition coefficient (Wildman–Crippen LogP) is 1.49. The molecule has 0 fully saturated rings. The average molecular weight is 234 g/mol. The molecule has 0 saturated heterocycles. The Labute approximate surface area is 101 Å². The van der Waals surface area contributed by atoms with Crippen molar-refractivity contribution >= 4 is 17.6 Å². The second-order valence-electron chi connectivity index (χ2n) is 3.97. The van der Waals surface area contributed by atoms with E-state index in [1.54, 1.807) is 13.0 Å². The summed E-state index contributed by atoms with van der Waals surface area (Å²) >= 11 is 0. The van der Waals surface area contributed by atoms with Gasteiger partial charge in [0.15, 0.2) is 0 Å². The summed E-state index contributed by atoms with van der Waals surface area (Å²) in [6.45, 7) is 3.77. The topological polar surface area (TPSA) is 69.2 Å². The molecular weight excluding hydrogens is 218 g/mol. The summed E-state index contributed by atoms with van der Waals surface area (Å²) in [6, 6.07) is 4.51. The lowest BCUT2D eigenvalue weighted by Crippen LogP contribution is -2.22. The van der Waals surface area contributed by atoms with Crippen molar-refractivity contribution in [2.24, 2.45) is 0 Å². The van der Waals surface area contributed by atoms with Crippen LogP contribution in [0.5, 0.6) is 0 Å². The zero-order chi connectivity index (χ0) is 12.8. The van der Waals surface area contributed by atoms with Gasteiger partial charge in [0.1, 0.15) is 0 Å². The van der Waals surface area contributed by atoms with E-state index in [0.717, 1.165) is 18.4 Å². The molecule has 0 saturated carbocycles. The molecule has 0 bridgehead atoms. The highest BCUT2D eigenvalue weighted by atomic mass is 16.4. The van der Waals surface area contributed by atoms with Gasteiger partial charge < -0.3 is 15.2 Å². The van der Waals surface area contributed by atoms with E-state index in [4.69, 9.17) is 0 Å². The Kier molecular flexibility index (Phi) is 4.69. The Balaban J connectivity index is 2.72. The Hall–Kier alpha value is -1.84. The zero-order valence-electron chi connectivity index (χ0n) is 10.1. The van der Waals surface area contributed by atoms with Crippen molar-refractivity contribution in [2.45, 2.75) is 33.1 Å². The molecule has 92 valence electrons. The number of hydrogen-bond donors (Lipinski definition) is 1. The van der Waals surface area contributed by atoms with Gasteiger partial charge in [0.2, 0.25) is 5.91 Å². The molecule has 17 heavy (non-hydrogen) atoms. The van der Waals surface area contributed by atoms with E-state index in [0.29, 0.717) is 12.1 Å². The summed E-state index contributed by atoms with van der Waals surface area (Å²) in [5.41, 5.74) is 1.49. The SMILES string of the molecule is CCCCC(=O)Nc1ccc(C(=O)[O-])cc1C. The predicted molar refractivity (Wildman–Crippen MR) is 63.7 cm³/mol. The number of carboxylic acid groups (broad SMARTS) is 1. The second kappa shape index (κ2) is 6.03. The van der Waals surface area contributed by atoms with Crippen molar-refractivity contribution in [3.63, 3.8) is 0 Å². The number of carbonyl (C=O) groups is 2. The summed E-state index contributed by atoms with van der Waals surface area (Å²) in [4.78, 5) is 22.1. The standard InChI is InChI=1S/C13H17NO3/c1-3-4-5-12(15)14-11-7-6-10(13(16)17)8-9(11)2/h6-8H,3-5H2,1-2H3,(H,14,15)(H,16,17)/p-1. The molecular formula is C13H16NO3-. The van der Waals surface area contributed by atoms with E-state index in [-0.39, 0.29) is 11.5 Å². The first-order valence-electron chi connectivity index (χ1n) is 5.66. The summed E-state index contributed by atoms with van der Waals surface area (Å²) < 4.78 is 0. The highest BCUT2D eigenvalue weighted by Crippen LogP contribution is 2.16. The van der Waals surface area contributed by atoms with Gasteiger partial charge in [0.25, 0.3) is 0 Å². The minimum Gasteiger partial charge on any atom is -0.545 e. The average Bonchev–Trinajstić information content (AvgIpc) is 2.28. The quantitative estimate of drug-likeness (QED) is 0.839. The van der Waals surface area contributed by atoms with Gasteiger partial charge in [-0.15, -0.1) is 0 Å². The van der Waals surface area contributed by atoms with Crippen molar-refractivity contribution in [1.29, 1.82) is 0 Å². The van der Waals surface area contributed by atoms with Gasteiger partial charge in [-0.25, -0.2) is 0 Å². The summed E-state index contributed by atoms with van der Waals surface area (Å²) in [5, 5.41) is 13.4. The van der Waals surface area contributed by atoms with Crippen LogP contribution in [0.15, 0.2) is 18.2 Å². The molecule has 0 spiro atoms. The van der Waals surface area contributed by atoms with E-state index < -0.39 is 5.97 Å². The van der Waals surface area contributed by atoms with Crippen LogP contribution in [0.3, 0.4) is 0 Å². The molecule has 0 aliphatic rings. The van der Waals surface area contributed by atoms with Crippen LogP contribution in [-0.2, 0) is 4.79 Å². The fourth-order valence-corrected chi connectivity index (χ4v) is 1.48. The number of unbranched alkanes of at least 4 members (excludes halogenated alkanes) is 1. The molecule has 0 atom stereocenters. The lowest BCUT2D eigenvalue weighted by molar-refractivity contribution is -0.255. The number of anilines is 1. The third kappa shape index (κ3) is 3.90. The van der Waals surface area contributed by atoms with Crippen molar-refractivity contribution in [3.05, 3.63) is 29.3 Å². The summed E-state index contributed by atoms with van der Waals surface area (Å²) in [6.07, 6.45) is 2.30.